The number of hydrogen-bond donors (Lipinski definition) is 0. The summed E-state index contributed by atoms with van der Waals surface area (Å²) in [7, 11) is 0. The van der Waals surface area contributed by atoms with E-state index < -0.39 is 11.6 Å². The zero-order chi connectivity index (χ0) is 9.84. The van der Waals surface area contributed by atoms with Crippen LogP contribution in [0.5, 0.6) is 0 Å². The van der Waals surface area contributed by atoms with Crippen molar-refractivity contribution in [3.05, 3.63) is 48.1 Å². The third-order valence-corrected chi connectivity index (χ3v) is 1.60. The molecular formula is C10H8F2O. The van der Waals surface area contributed by atoms with Gasteiger partial charge in [0, 0.05) is 6.42 Å². The van der Waals surface area contributed by atoms with Gasteiger partial charge in [-0.2, -0.15) is 0 Å². The molecule has 0 spiro atoms. The Morgan fingerprint density at radius 2 is 2.15 bits per heavy atom. The second-order valence-corrected chi connectivity index (χ2v) is 2.58. The van der Waals surface area contributed by atoms with Gasteiger partial charge in [0.05, 0.1) is 0 Å². The Hall–Kier alpha value is -1.51. The van der Waals surface area contributed by atoms with E-state index >= 15 is 0 Å². The minimum Gasteiger partial charge on any atom is -0.295 e. The quantitative estimate of drug-likeness (QED) is 0.655. The van der Waals surface area contributed by atoms with E-state index in [-0.39, 0.29) is 17.8 Å². The lowest BCUT2D eigenvalue weighted by molar-refractivity contribution is -0.114. The fourth-order valence-corrected chi connectivity index (χ4v) is 0.939. The maximum Gasteiger partial charge on any atom is 0.159 e. The molecule has 68 valence electrons. The average Bonchev–Trinajstić information content (AvgIpc) is 2.11. The van der Waals surface area contributed by atoms with Crippen molar-refractivity contribution < 1.29 is 13.6 Å². The highest BCUT2D eigenvalue weighted by molar-refractivity contribution is 5.90. The predicted molar refractivity (Wildman–Crippen MR) is 45.3 cm³/mol. The average molecular weight is 182 g/mol. The van der Waals surface area contributed by atoms with Crippen molar-refractivity contribution >= 4 is 5.78 Å². The van der Waals surface area contributed by atoms with Crippen LogP contribution in [0.3, 0.4) is 0 Å². The van der Waals surface area contributed by atoms with Gasteiger partial charge in [0.2, 0.25) is 0 Å². The first-order valence-corrected chi connectivity index (χ1v) is 3.72. The topological polar surface area (TPSA) is 17.1 Å². The van der Waals surface area contributed by atoms with E-state index in [9.17, 15) is 13.6 Å². The molecule has 0 aliphatic carbocycles. The van der Waals surface area contributed by atoms with Crippen LogP contribution in [0.2, 0.25) is 0 Å². The molecule has 13 heavy (non-hydrogen) atoms. The van der Waals surface area contributed by atoms with Crippen LogP contribution in [-0.2, 0) is 11.2 Å². The molecule has 0 bridgehead atoms. The molecule has 1 rings (SSSR count). The van der Waals surface area contributed by atoms with Crippen LogP contribution in [0.25, 0.3) is 0 Å². The number of hydrogen-bond acceptors (Lipinski definition) is 1. The van der Waals surface area contributed by atoms with Gasteiger partial charge in [0.25, 0.3) is 0 Å². The molecule has 0 aliphatic heterocycles. The summed E-state index contributed by atoms with van der Waals surface area (Å²) < 4.78 is 25.5. The van der Waals surface area contributed by atoms with E-state index in [0.29, 0.717) is 0 Å². The van der Waals surface area contributed by atoms with Gasteiger partial charge in [0.15, 0.2) is 5.78 Å². The van der Waals surface area contributed by atoms with Crippen LogP contribution < -0.4 is 0 Å². The summed E-state index contributed by atoms with van der Waals surface area (Å²) in [4.78, 5) is 10.8. The minimum atomic E-state index is -0.573. The van der Waals surface area contributed by atoms with Crippen LogP contribution in [0, 0.1) is 11.6 Å². The Morgan fingerprint density at radius 1 is 1.46 bits per heavy atom. The smallest absolute Gasteiger partial charge is 0.159 e. The summed E-state index contributed by atoms with van der Waals surface area (Å²) in [5, 5.41) is 0. The summed E-state index contributed by atoms with van der Waals surface area (Å²) in [5.41, 5.74) is 0.0601. The summed E-state index contributed by atoms with van der Waals surface area (Å²) >= 11 is 0. The number of halogens is 2. The van der Waals surface area contributed by atoms with Crippen LogP contribution in [-0.4, -0.2) is 5.78 Å². The molecule has 0 N–H and O–H groups in total. The van der Waals surface area contributed by atoms with Crippen LogP contribution >= 0.6 is 0 Å². The first kappa shape index (κ1) is 9.58. The third kappa shape index (κ3) is 2.47. The zero-order valence-electron chi connectivity index (χ0n) is 6.89. The summed E-state index contributed by atoms with van der Waals surface area (Å²) in [6.07, 6.45) is 0.942. The minimum absolute atomic E-state index is 0.0601. The molecular weight excluding hydrogens is 174 g/mol. The van der Waals surface area contributed by atoms with Gasteiger partial charge in [-0.3, -0.25) is 4.79 Å². The molecule has 0 amide bonds. The lowest BCUT2D eigenvalue weighted by Crippen LogP contribution is -2.01. The van der Waals surface area contributed by atoms with Crippen molar-refractivity contribution in [2.45, 2.75) is 6.42 Å². The number of benzene rings is 1. The molecule has 3 heteroatoms. The molecule has 0 atom stereocenters. The van der Waals surface area contributed by atoms with Gasteiger partial charge in [-0.05, 0) is 29.8 Å². The first-order valence-electron chi connectivity index (χ1n) is 3.72. The SMILES string of the molecule is C=CC(=O)Cc1cc(F)ccc1F. The summed E-state index contributed by atoms with van der Waals surface area (Å²) in [5.74, 6) is -1.45. The van der Waals surface area contributed by atoms with E-state index in [1.54, 1.807) is 0 Å². The van der Waals surface area contributed by atoms with Crippen molar-refractivity contribution in [3.63, 3.8) is 0 Å². The summed E-state index contributed by atoms with van der Waals surface area (Å²) in [6.45, 7) is 3.24. The lowest BCUT2D eigenvalue weighted by atomic mass is 10.1. The van der Waals surface area contributed by atoms with Crippen molar-refractivity contribution in [1.29, 1.82) is 0 Å². The molecule has 1 aromatic carbocycles. The highest BCUT2D eigenvalue weighted by atomic mass is 19.1. The van der Waals surface area contributed by atoms with Gasteiger partial charge in [-0.25, -0.2) is 8.78 Å². The molecule has 1 nitrogen and oxygen atoms in total. The highest BCUT2D eigenvalue weighted by Crippen LogP contribution is 2.10. The molecule has 1 aromatic rings. The van der Waals surface area contributed by atoms with Gasteiger partial charge in [0.1, 0.15) is 11.6 Å². The number of ketones is 1. The number of carbonyl (C=O) groups excluding carboxylic acids is 1. The monoisotopic (exact) mass is 182 g/mol. The zero-order valence-corrected chi connectivity index (χ0v) is 6.89. The highest BCUT2D eigenvalue weighted by Gasteiger charge is 2.06. The van der Waals surface area contributed by atoms with Gasteiger partial charge < -0.3 is 0 Å². The maximum atomic E-state index is 12.9. The van der Waals surface area contributed by atoms with E-state index in [1.807, 2.05) is 0 Å². The lowest BCUT2D eigenvalue weighted by Gasteiger charge is -1.99. The fraction of sp³-hybridized carbons (Fsp3) is 0.100. The maximum absolute atomic E-state index is 12.9. The Bertz CT molecular complexity index is 345. The van der Waals surface area contributed by atoms with Crippen molar-refractivity contribution in [2.75, 3.05) is 0 Å². The second-order valence-electron chi connectivity index (χ2n) is 2.58. The van der Waals surface area contributed by atoms with Crippen LogP contribution in [0.15, 0.2) is 30.9 Å². The standard InChI is InChI=1S/C10H8F2O/c1-2-9(13)6-7-5-8(11)3-4-10(7)12/h2-5H,1,6H2. The largest absolute Gasteiger partial charge is 0.295 e. The van der Waals surface area contributed by atoms with Gasteiger partial charge in [-0.15, -0.1) is 0 Å². The molecule has 0 unspecified atom stereocenters. The van der Waals surface area contributed by atoms with E-state index in [1.165, 1.54) is 0 Å². The predicted octanol–water partition coefficient (Wildman–Crippen LogP) is 2.26. The molecule has 0 saturated heterocycles. The first-order chi connectivity index (χ1) is 6.13. The Labute approximate surface area is 74.7 Å². The number of rotatable bonds is 3. The van der Waals surface area contributed by atoms with Gasteiger partial charge in [-0.1, -0.05) is 6.58 Å². The van der Waals surface area contributed by atoms with Crippen LogP contribution in [0.1, 0.15) is 5.56 Å². The molecule has 0 aliphatic rings. The van der Waals surface area contributed by atoms with Gasteiger partial charge >= 0.3 is 0 Å². The van der Waals surface area contributed by atoms with Crippen LogP contribution in [0.4, 0.5) is 8.78 Å². The second kappa shape index (κ2) is 3.94. The number of allylic oxidation sites excluding steroid dienone is 1. The molecule has 0 heterocycles. The fourth-order valence-electron chi connectivity index (χ4n) is 0.939. The third-order valence-electron chi connectivity index (χ3n) is 1.60. The van der Waals surface area contributed by atoms with E-state index in [0.717, 1.165) is 24.3 Å². The normalized spacial score (nSPS) is 9.69. The molecule has 0 radical (unpaired) electrons. The Morgan fingerprint density at radius 3 is 2.77 bits per heavy atom. The molecule has 0 aromatic heterocycles. The van der Waals surface area contributed by atoms with E-state index in [4.69, 9.17) is 0 Å². The van der Waals surface area contributed by atoms with E-state index in [2.05, 4.69) is 6.58 Å². The van der Waals surface area contributed by atoms with Crippen molar-refractivity contribution in [3.8, 4) is 0 Å². The Kier molecular flexibility index (Phi) is 2.90. The Balaban J connectivity index is 2.93. The van der Waals surface area contributed by atoms with Crippen molar-refractivity contribution in [1.82, 2.24) is 0 Å². The van der Waals surface area contributed by atoms with Crippen molar-refractivity contribution in [2.24, 2.45) is 0 Å². The molecule has 0 fully saturated rings. The number of carbonyl (C=O) groups is 1. The molecule has 0 saturated carbocycles. The summed E-state index contributed by atoms with van der Waals surface area (Å²) in [6, 6.07) is 3.02.